The molecule has 0 radical (unpaired) electrons. The first-order valence-electron chi connectivity index (χ1n) is 5.36. The van der Waals surface area contributed by atoms with Gasteiger partial charge in [-0.1, -0.05) is 6.07 Å². The fourth-order valence-electron chi connectivity index (χ4n) is 1.66. The smallest absolute Gasteiger partial charge is 0.368 e. The van der Waals surface area contributed by atoms with E-state index in [0.717, 1.165) is 12.1 Å². The van der Waals surface area contributed by atoms with Gasteiger partial charge in [0.05, 0.1) is 12.1 Å². The van der Waals surface area contributed by atoms with Crippen LogP contribution in [-0.2, 0) is 11.0 Å². The van der Waals surface area contributed by atoms with Crippen molar-refractivity contribution in [1.29, 1.82) is 0 Å². The van der Waals surface area contributed by atoms with Gasteiger partial charge in [0.15, 0.2) is 0 Å². The molecule has 0 saturated carbocycles. The number of primary amides is 1. The number of hydrogen-bond donors (Lipinski definition) is 2. The molecule has 1 amide bonds. The number of amides is 1. The highest BCUT2D eigenvalue weighted by atomic mass is 19.4. The molecule has 0 aliphatic heterocycles. The third kappa shape index (κ3) is 2.93. The Labute approximate surface area is 106 Å². The van der Waals surface area contributed by atoms with Gasteiger partial charge in [0.1, 0.15) is 5.82 Å². The fourth-order valence-corrected chi connectivity index (χ4v) is 1.66. The number of carbonyl (C=O) groups is 1. The maximum absolute atomic E-state index is 12.6. The molecular weight excluding hydrogens is 259 g/mol. The summed E-state index contributed by atoms with van der Waals surface area (Å²) in [5.74, 6) is -0.423. The number of halogens is 3. The quantitative estimate of drug-likeness (QED) is 0.897. The largest absolute Gasteiger partial charge is 0.416 e. The van der Waals surface area contributed by atoms with Gasteiger partial charge in [0, 0.05) is 11.6 Å². The molecule has 7 heteroatoms. The van der Waals surface area contributed by atoms with Gasteiger partial charge in [0.25, 0.3) is 0 Å². The zero-order chi connectivity index (χ0) is 14.0. The first kappa shape index (κ1) is 13.1. The molecule has 0 unspecified atom stereocenters. The van der Waals surface area contributed by atoms with Crippen LogP contribution in [0.2, 0.25) is 0 Å². The third-order valence-corrected chi connectivity index (χ3v) is 2.52. The van der Waals surface area contributed by atoms with Crippen LogP contribution in [0.1, 0.15) is 5.56 Å². The summed E-state index contributed by atoms with van der Waals surface area (Å²) < 4.78 is 37.9. The van der Waals surface area contributed by atoms with E-state index in [1.807, 2.05) is 0 Å². The lowest BCUT2D eigenvalue weighted by molar-refractivity contribution is -0.137. The Bertz CT molecular complexity index is 625. The topological polar surface area (TPSA) is 68.0 Å². The summed E-state index contributed by atoms with van der Waals surface area (Å²) in [6, 6.07) is 4.94. The molecule has 0 bridgehead atoms. The number of pyridine rings is 1. The van der Waals surface area contributed by atoms with Gasteiger partial charge in [-0.3, -0.25) is 4.79 Å². The van der Waals surface area contributed by atoms with E-state index in [1.54, 1.807) is 6.07 Å². The molecule has 1 aromatic heterocycles. The van der Waals surface area contributed by atoms with E-state index in [1.165, 1.54) is 12.3 Å². The third-order valence-electron chi connectivity index (χ3n) is 2.52. The van der Waals surface area contributed by atoms with Gasteiger partial charge in [-0.15, -0.1) is 0 Å². The minimum absolute atomic E-state index is 0.192. The van der Waals surface area contributed by atoms with Crippen molar-refractivity contribution in [2.75, 3.05) is 11.9 Å². The molecule has 2 aromatic rings. The predicted molar refractivity (Wildman–Crippen MR) is 64.4 cm³/mol. The molecule has 19 heavy (non-hydrogen) atoms. The van der Waals surface area contributed by atoms with E-state index < -0.39 is 17.6 Å². The Hall–Kier alpha value is -2.31. The minimum Gasteiger partial charge on any atom is -0.368 e. The average Bonchev–Trinajstić information content (AvgIpc) is 2.34. The normalized spacial score (nSPS) is 11.5. The molecule has 100 valence electrons. The van der Waals surface area contributed by atoms with Crippen LogP contribution in [0.25, 0.3) is 10.8 Å². The van der Waals surface area contributed by atoms with E-state index in [-0.39, 0.29) is 12.4 Å². The van der Waals surface area contributed by atoms with Crippen LogP contribution in [0.3, 0.4) is 0 Å². The van der Waals surface area contributed by atoms with Crippen molar-refractivity contribution in [1.82, 2.24) is 4.98 Å². The number of nitrogens with one attached hydrogen (secondary N) is 1. The van der Waals surface area contributed by atoms with Crippen LogP contribution in [0.4, 0.5) is 19.0 Å². The molecule has 2 rings (SSSR count). The average molecular weight is 269 g/mol. The van der Waals surface area contributed by atoms with Crippen molar-refractivity contribution >= 4 is 22.5 Å². The van der Waals surface area contributed by atoms with E-state index >= 15 is 0 Å². The zero-order valence-electron chi connectivity index (χ0n) is 9.66. The molecule has 0 spiro atoms. The molecule has 0 aliphatic carbocycles. The van der Waals surface area contributed by atoms with E-state index in [0.29, 0.717) is 10.8 Å². The van der Waals surface area contributed by atoms with Crippen LogP contribution in [0, 0.1) is 0 Å². The van der Waals surface area contributed by atoms with Gasteiger partial charge in [-0.2, -0.15) is 13.2 Å². The lowest BCUT2D eigenvalue weighted by Crippen LogP contribution is -2.22. The van der Waals surface area contributed by atoms with Crippen LogP contribution in [0.5, 0.6) is 0 Å². The molecule has 0 fully saturated rings. The number of fused-ring (bicyclic) bond motifs is 1. The van der Waals surface area contributed by atoms with E-state index in [4.69, 9.17) is 5.73 Å². The number of aromatic nitrogens is 1. The van der Waals surface area contributed by atoms with Crippen molar-refractivity contribution in [3.8, 4) is 0 Å². The Morgan fingerprint density at radius 2 is 2.05 bits per heavy atom. The first-order valence-corrected chi connectivity index (χ1v) is 5.36. The van der Waals surface area contributed by atoms with Gasteiger partial charge >= 0.3 is 6.18 Å². The highest BCUT2D eigenvalue weighted by Gasteiger charge is 2.30. The van der Waals surface area contributed by atoms with Gasteiger partial charge < -0.3 is 11.1 Å². The second-order valence-corrected chi connectivity index (χ2v) is 3.91. The van der Waals surface area contributed by atoms with Crippen LogP contribution in [0.15, 0.2) is 30.5 Å². The van der Waals surface area contributed by atoms with Crippen molar-refractivity contribution in [3.05, 3.63) is 36.0 Å². The number of nitrogens with zero attached hydrogens (tertiary/aromatic N) is 1. The number of anilines is 1. The number of alkyl halides is 3. The SMILES string of the molecule is NC(=O)CNc1nccc2ccc(C(F)(F)F)cc12. The summed E-state index contributed by atoms with van der Waals surface area (Å²) >= 11 is 0. The highest BCUT2D eigenvalue weighted by Crippen LogP contribution is 2.32. The second kappa shape index (κ2) is 4.75. The van der Waals surface area contributed by atoms with Crippen LogP contribution >= 0.6 is 0 Å². The summed E-state index contributed by atoms with van der Waals surface area (Å²) in [5.41, 5.74) is 4.21. The summed E-state index contributed by atoms with van der Waals surface area (Å²) in [6.45, 7) is -0.192. The Kier molecular flexibility index (Phi) is 3.28. The molecular formula is C12H10F3N3O. The van der Waals surface area contributed by atoms with Gasteiger partial charge in [-0.25, -0.2) is 4.98 Å². The fraction of sp³-hybridized carbons (Fsp3) is 0.167. The van der Waals surface area contributed by atoms with Crippen LogP contribution < -0.4 is 11.1 Å². The number of rotatable bonds is 3. The van der Waals surface area contributed by atoms with Crippen molar-refractivity contribution in [2.24, 2.45) is 5.73 Å². The maximum atomic E-state index is 12.6. The van der Waals surface area contributed by atoms with Gasteiger partial charge in [-0.05, 0) is 23.6 Å². The highest BCUT2D eigenvalue weighted by molar-refractivity contribution is 5.93. The van der Waals surface area contributed by atoms with Crippen molar-refractivity contribution in [3.63, 3.8) is 0 Å². The summed E-state index contributed by atoms with van der Waals surface area (Å²) in [7, 11) is 0. The zero-order valence-corrected chi connectivity index (χ0v) is 9.66. The monoisotopic (exact) mass is 269 g/mol. The summed E-state index contributed by atoms with van der Waals surface area (Å²) in [4.78, 5) is 14.6. The van der Waals surface area contributed by atoms with E-state index in [9.17, 15) is 18.0 Å². The minimum atomic E-state index is -4.43. The van der Waals surface area contributed by atoms with Crippen molar-refractivity contribution in [2.45, 2.75) is 6.18 Å². The molecule has 1 aromatic carbocycles. The number of carbonyl (C=O) groups excluding carboxylic acids is 1. The standard InChI is InChI=1S/C12H10F3N3O/c13-12(14,15)8-2-1-7-3-4-17-11(9(7)5-8)18-6-10(16)19/h1-5H,6H2,(H2,16,19)(H,17,18). The van der Waals surface area contributed by atoms with Gasteiger partial charge in [0.2, 0.25) is 5.91 Å². The summed E-state index contributed by atoms with van der Waals surface area (Å²) in [6.07, 6.45) is -2.98. The first-order chi connectivity index (χ1) is 8.88. The number of nitrogens with two attached hydrogens (primary N) is 1. The second-order valence-electron chi connectivity index (χ2n) is 3.91. The lowest BCUT2D eigenvalue weighted by atomic mass is 10.1. The number of hydrogen-bond acceptors (Lipinski definition) is 3. The predicted octanol–water partition coefficient (Wildman–Crippen LogP) is 2.15. The Morgan fingerprint density at radius 3 is 2.68 bits per heavy atom. The van der Waals surface area contributed by atoms with E-state index in [2.05, 4.69) is 10.3 Å². The lowest BCUT2D eigenvalue weighted by Gasteiger charge is -2.10. The van der Waals surface area contributed by atoms with Crippen molar-refractivity contribution < 1.29 is 18.0 Å². The molecule has 0 aliphatic rings. The Morgan fingerprint density at radius 1 is 1.32 bits per heavy atom. The Balaban J connectivity index is 2.49. The molecule has 0 saturated heterocycles. The summed E-state index contributed by atoms with van der Waals surface area (Å²) in [5, 5.41) is 3.50. The molecule has 3 N–H and O–H groups in total. The van der Waals surface area contributed by atoms with Crippen LogP contribution in [-0.4, -0.2) is 17.4 Å². The maximum Gasteiger partial charge on any atom is 0.416 e. The molecule has 0 atom stereocenters. The molecule has 4 nitrogen and oxygen atoms in total. The molecule has 1 heterocycles. The number of benzene rings is 1.